The first-order valence-electron chi connectivity index (χ1n) is 8.82. The number of hydrogen-bond donors (Lipinski definition) is 1. The summed E-state index contributed by atoms with van der Waals surface area (Å²) in [6, 6.07) is -0.0653. The number of nitrogens with zero attached hydrogens (tertiary/aromatic N) is 3. The lowest BCUT2D eigenvalue weighted by atomic mass is 9.87. The van der Waals surface area contributed by atoms with Crippen molar-refractivity contribution in [1.29, 1.82) is 0 Å². The monoisotopic (exact) mass is 353 g/mol. The molecule has 1 N–H and O–H groups in total. The third-order valence-corrected chi connectivity index (χ3v) is 6.01. The van der Waals surface area contributed by atoms with Crippen LogP contribution in [0.3, 0.4) is 0 Å². The minimum atomic E-state index is -2.57. The van der Waals surface area contributed by atoms with Crippen molar-refractivity contribution in [3.05, 3.63) is 18.0 Å². The van der Waals surface area contributed by atoms with Crippen LogP contribution in [-0.2, 0) is 4.79 Å². The molecule has 1 saturated heterocycles. The number of rotatable bonds is 3. The van der Waals surface area contributed by atoms with Crippen molar-refractivity contribution in [2.24, 2.45) is 17.8 Å². The Balaban J connectivity index is 1.40. The normalized spacial score (nSPS) is 33.6. The molecule has 1 aliphatic heterocycles. The van der Waals surface area contributed by atoms with Crippen LogP contribution in [0.5, 0.6) is 0 Å². The van der Waals surface area contributed by atoms with Gasteiger partial charge in [0.15, 0.2) is 0 Å². The van der Waals surface area contributed by atoms with Crippen molar-refractivity contribution >= 4 is 11.9 Å². The van der Waals surface area contributed by atoms with E-state index in [9.17, 15) is 18.4 Å². The van der Waals surface area contributed by atoms with E-state index in [0.717, 1.165) is 12.8 Å². The largest absolute Gasteiger partial charge is 0.478 e. The van der Waals surface area contributed by atoms with E-state index in [4.69, 9.17) is 5.11 Å². The van der Waals surface area contributed by atoms with Crippen LogP contribution < -0.4 is 0 Å². The predicted octanol–water partition coefficient (Wildman–Crippen LogP) is 2.43. The molecule has 1 amide bonds. The molecule has 25 heavy (non-hydrogen) atoms. The first-order chi connectivity index (χ1) is 11.9. The fourth-order valence-corrected chi connectivity index (χ4v) is 4.48. The highest BCUT2D eigenvalue weighted by molar-refractivity contribution is 5.86. The summed E-state index contributed by atoms with van der Waals surface area (Å²) in [4.78, 5) is 25.5. The standard InChI is InChI=1S/C17H21F2N3O3/c18-17(19)13-4-3-10(6-14(13)17)15(23)21-5-1-2-12(9-21)22-8-11(7-20-22)16(24)25/h7-8,10,12-14H,1-6,9H2,(H,24,25)/t10-,12?,13+,14-/m1/s1. The van der Waals surface area contributed by atoms with Gasteiger partial charge in [0.05, 0.1) is 17.8 Å². The van der Waals surface area contributed by atoms with Crippen LogP contribution >= 0.6 is 0 Å². The number of fused-ring (bicyclic) bond motifs is 1. The number of carboxylic acid groups (broad SMARTS) is 1. The predicted molar refractivity (Wildman–Crippen MR) is 83.3 cm³/mol. The maximum absolute atomic E-state index is 13.5. The molecule has 3 fully saturated rings. The van der Waals surface area contributed by atoms with Gasteiger partial charge in [0.1, 0.15) is 0 Å². The summed E-state index contributed by atoms with van der Waals surface area (Å²) in [6.07, 6.45) is 5.68. The summed E-state index contributed by atoms with van der Waals surface area (Å²) in [5.41, 5.74) is 0.123. The van der Waals surface area contributed by atoms with Crippen LogP contribution in [0.25, 0.3) is 0 Å². The zero-order valence-corrected chi connectivity index (χ0v) is 13.8. The van der Waals surface area contributed by atoms with Crippen molar-refractivity contribution in [1.82, 2.24) is 14.7 Å². The maximum atomic E-state index is 13.5. The summed E-state index contributed by atoms with van der Waals surface area (Å²) in [6.45, 7) is 1.09. The minimum Gasteiger partial charge on any atom is -0.478 e. The molecule has 2 heterocycles. The van der Waals surface area contributed by atoms with Gasteiger partial charge >= 0.3 is 5.97 Å². The molecule has 8 heteroatoms. The highest BCUT2D eigenvalue weighted by Crippen LogP contribution is 2.63. The van der Waals surface area contributed by atoms with Crippen LogP contribution in [0, 0.1) is 17.8 Å². The molecule has 0 aromatic carbocycles. The van der Waals surface area contributed by atoms with E-state index in [2.05, 4.69) is 5.10 Å². The van der Waals surface area contributed by atoms with E-state index in [1.807, 2.05) is 0 Å². The number of halogens is 2. The van der Waals surface area contributed by atoms with Gasteiger partial charge in [0.2, 0.25) is 5.91 Å². The van der Waals surface area contributed by atoms with Gasteiger partial charge in [0.25, 0.3) is 5.92 Å². The van der Waals surface area contributed by atoms with Crippen LogP contribution in [0.1, 0.15) is 48.5 Å². The Morgan fingerprint density at radius 2 is 2.04 bits per heavy atom. The van der Waals surface area contributed by atoms with Gasteiger partial charge in [-0.2, -0.15) is 5.10 Å². The molecular weight excluding hydrogens is 332 g/mol. The Morgan fingerprint density at radius 1 is 1.24 bits per heavy atom. The first kappa shape index (κ1) is 16.5. The minimum absolute atomic E-state index is 0.0311. The van der Waals surface area contributed by atoms with Crippen molar-refractivity contribution in [2.75, 3.05) is 13.1 Å². The van der Waals surface area contributed by atoms with Crippen LogP contribution in [-0.4, -0.2) is 50.7 Å². The van der Waals surface area contributed by atoms with Crippen molar-refractivity contribution < 1.29 is 23.5 Å². The molecule has 136 valence electrons. The summed E-state index contributed by atoms with van der Waals surface area (Å²) >= 11 is 0. The van der Waals surface area contributed by atoms with E-state index in [1.165, 1.54) is 12.4 Å². The quantitative estimate of drug-likeness (QED) is 0.906. The van der Waals surface area contributed by atoms with E-state index < -0.39 is 23.7 Å². The lowest BCUT2D eigenvalue weighted by Crippen LogP contribution is -2.44. The van der Waals surface area contributed by atoms with Gasteiger partial charge in [-0.1, -0.05) is 0 Å². The Hall–Kier alpha value is -1.99. The Labute approximate surface area is 143 Å². The molecule has 1 aromatic heterocycles. The lowest BCUT2D eigenvalue weighted by molar-refractivity contribution is -0.138. The average Bonchev–Trinajstić information content (AvgIpc) is 2.98. The summed E-state index contributed by atoms with van der Waals surface area (Å²) in [7, 11) is 0. The van der Waals surface area contributed by atoms with Crippen molar-refractivity contribution in [3.63, 3.8) is 0 Å². The second kappa shape index (κ2) is 5.78. The zero-order chi connectivity index (χ0) is 17.8. The van der Waals surface area contributed by atoms with Gasteiger partial charge in [-0.15, -0.1) is 0 Å². The summed E-state index contributed by atoms with van der Waals surface area (Å²) in [5.74, 6) is -5.06. The molecule has 6 nitrogen and oxygen atoms in total. The van der Waals surface area contributed by atoms with E-state index in [-0.39, 0.29) is 23.4 Å². The molecular formula is C17H21F2N3O3. The summed E-state index contributed by atoms with van der Waals surface area (Å²) in [5, 5.41) is 13.1. The molecule has 1 unspecified atom stereocenters. The second-order valence-electron chi connectivity index (χ2n) is 7.49. The van der Waals surface area contributed by atoms with Gasteiger partial charge in [0, 0.05) is 37.0 Å². The molecule has 4 atom stereocenters. The number of carboxylic acids is 1. The number of likely N-dealkylation sites (tertiary alicyclic amines) is 1. The fraction of sp³-hybridized carbons (Fsp3) is 0.706. The maximum Gasteiger partial charge on any atom is 0.338 e. The number of alkyl halides is 2. The van der Waals surface area contributed by atoms with Crippen LogP contribution in [0.4, 0.5) is 8.78 Å². The third kappa shape index (κ3) is 2.81. The number of aromatic carboxylic acids is 1. The first-order valence-corrected chi connectivity index (χ1v) is 8.82. The molecule has 0 radical (unpaired) electrons. The Kier molecular flexibility index (Phi) is 3.81. The molecule has 3 aliphatic rings. The van der Waals surface area contributed by atoms with Crippen molar-refractivity contribution in [2.45, 2.75) is 44.1 Å². The van der Waals surface area contributed by atoms with Gasteiger partial charge < -0.3 is 10.0 Å². The second-order valence-corrected chi connectivity index (χ2v) is 7.49. The smallest absolute Gasteiger partial charge is 0.338 e. The molecule has 4 rings (SSSR count). The highest BCUT2D eigenvalue weighted by atomic mass is 19.3. The molecule has 1 aromatic rings. The summed E-state index contributed by atoms with van der Waals surface area (Å²) < 4.78 is 28.7. The lowest BCUT2D eigenvalue weighted by Gasteiger charge is -2.35. The van der Waals surface area contributed by atoms with E-state index in [1.54, 1.807) is 9.58 Å². The SMILES string of the molecule is O=C(O)c1cnn(C2CCCN(C(=O)[C@@H]3CC[C@H]4[C@@H](C3)C4(F)F)C2)c1. The molecule has 2 aliphatic carbocycles. The van der Waals surface area contributed by atoms with Crippen molar-refractivity contribution in [3.8, 4) is 0 Å². The Morgan fingerprint density at radius 3 is 2.72 bits per heavy atom. The van der Waals surface area contributed by atoms with Gasteiger partial charge in [-0.3, -0.25) is 9.48 Å². The zero-order valence-electron chi connectivity index (χ0n) is 13.8. The topological polar surface area (TPSA) is 75.4 Å². The van der Waals surface area contributed by atoms with Crippen LogP contribution in [0.2, 0.25) is 0 Å². The average molecular weight is 353 g/mol. The van der Waals surface area contributed by atoms with Crippen LogP contribution in [0.15, 0.2) is 12.4 Å². The Bertz CT molecular complexity index is 705. The molecule has 0 bridgehead atoms. The number of hydrogen-bond acceptors (Lipinski definition) is 3. The number of carbonyl (C=O) groups excluding carboxylic acids is 1. The third-order valence-electron chi connectivity index (χ3n) is 6.01. The van der Waals surface area contributed by atoms with Gasteiger partial charge in [-0.25, -0.2) is 13.6 Å². The number of amides is 1. The van der Waals surface area contributed by atoms with E-state index >= 15 is 0 Å². The molecule has 2 saturated carbocycles. The number of aromatic nitrogens is 2. The molecule has 0 spiro atoms. The number of carbonyl (C=O) groups is 2. The number of piperidine rings is 1. The van der Waals surface area contributed by atoms with E-state index in [0.29, 0.717) is 32.4 Å². The van der Waals surface area contributed by atoms with Gasteiger partial charge in [-0.05, 0) is 32.1 Å². The highest BCUT2D eigenvalue weighted by Gasteiger charge is 2.69. The fourth-order valence-electron chi connectivity index (χ4n) is 4.48.